The molecule has 1 aliphatic carbocycles. The summed E-state index contributed by atoms with van der Waals surface area (Å²) < 4.78 is 14.4. The standard InChI is InChI=1S/C42H40NOPSi/c44-45(46(40-20-10-3-11-21-40)41-22-12-4-13-23-41)39-30-26-35(27-31-39)42(32-14-5-15-33-42)34-24-28-38(29-25-34)43(36-16-6-1-7-17-36)37-18-8-2-9-19-37/h1-4,6-13,16-31,45-46H,5,14-15,32-33H2. The van der Waals surface area contributed by atoms with Gasteiger partial charge in [0.2, 0.25) is 0 Å². The number of hydrogen-bond donors (Lipinski definition) is 0. The van der Waals surface area contributed by atoms with Crippen molar-refractivity contribution in [3.05, 3.63) is 181 Å². The van der Waals surface area contributed by atoms with Crippen LogP contribution in [0.15, 0.2) is 170 Å². The fourth-order valence-electron chi connectivity index (χ4n) is 7.34. The number of nitrogens with zero attached hydrogens (tertiary/aromatic N) is 1. The van der Waals surface area contributed by atoms with E-state index in [-0.39, 0.29) is 5.41 Å². The molecule has 6 aromatic carbocycles. The van der Waals surface area contributed by atoms with E-state index in [0.717, 1.165) is 35.2 Å². The molecular weight excluding hydrogens is 594 g/mol. The van der Waals surface area contributed by atoms with Gasteiger partial charge in [-0.05, 0) is 70.7 Å². The summed E-state index contributed by atoms with van der Waals surface area (Å²) in [4.78, 5) is 2.32. The summed E-state index contributed by atoms with van der Waals surface area (Å²) in [6.45, 7) is 0. The lowest BCUT2D eigenvalue weighted by Crippen LogP contribution is -2.41. The highest BCUT2D eigenvalue weighted by molar-refractivity contribution is 7.90. The molecule has 0 radical (unpaired) electrons. The van der Waals surface area contributed by atoms with Crippen molar-refractivity contribution in [1.29, 1.82) is 0 Å². The van der Waals surface area contributed by atoms with Gasteiger partial charge in [0.15, 0.2) is 8.46 Å². The van der Waals surface area contributed by atoms with E-state index in [4.69, 9.17) is 0 Å². The highest BCUT2D eigenvalue weighted by Crippen LogP contribution is 2.46. The Balaban J connectivity index is 1.22. The fourth-order valence-corrected chi connectivity index (χ4v) is 14.9. The summed E-state index contributed by atoms with van der Waals surface area (Å²) in [5.41, 5.74) is 6.13. The van der Waals surface area contributed by atoms with Crippen LogP contribution >= 0.6 is 7.35 Å². The van der Waals surface area contributed by atoms with Crippen LogP contribution < -0.4 is 20.6 Å². The zero-order valence-corrected chi connectivity index (χ0v) is 28.3. The van der Waals surface area contributed by atoms with Crippen molar-refractivity contribution in [3.8, 4) is 0 Å². The highest BCUT2D eigenvalue weighted by Gasteiger charge is 2.36. The summed E-state index contributed by atoms with van der Waals surface area (Å²) in [6.07, 6.45) is 5.98. The van der Waals surface area contributed by atoms with Gasteiger partial charge in [-0.2, -0.15) is 0 Å². The monoisotopic (exact) mass is 633 g/mol. The minimum Gasteiger partial charge on any atom is -0.327 e. The van der Waals surface area contributed by atoms with Crippen molar-refractivity contribution in [2.24, 2.45) is 0 Å². The molecule has 1 fully saturated rings. The number of hydrogen-bond acceptors (Lipinski definition) is 2. The minimum atomic E-state index is -2.02. The molecule has 7 rings (SSSR count). The quantitative estimate of drug-likeness (QED) is 0.117. The molecule has 0 bridgehead atoms. The summed E-state index contributed by atoms with van der Waals surface area (Å²) >= 11 is 0. The average molecular weight is 634 g/mol. The molecule has 1 aliphatic rings. The Hall–Kier alpha value is -4.43. The molecule has 2 nitrogen and oxygen atoms in total. The van der Waals surface area contributed by atoms with Gasteiger partial charge in [-0.3, -0.25) is 0 Å². The Bertz CT molecular complexity index is 1780. The zero-order chi connectivity index (χ0) is 31.2. The Morgan fingerprint density at radius 3 is 1.30 bits per heavy atom. The topological polar surface area (TPSA) is 20.3 Å². The van der Waals surface area contributed by atoms with E-state index < -0.39 is 15.8 Å². The second-order valence-electron chi connectivity index (χ2n) is 12.4. The number of anilines is 3. The van der Waals surface area contributed by atoms with Crippen molar-refractivity contribution in [2.45, 2.75) is 37.5 Å². The third kappa shape index (κ3) is 6.18. The van der Waals surface area contributed by atoms with Crippen LogP contribution in [-0.4, -0.2) is 8.46 Å². The molecule has 46 heavy (non-hydrogen) atoms. The van der Waals surface area contributed by atoms with E-state index in [1.165, 1.54) is 40.8 Å². The van der Waals surface area contributed by atoms with Gasteiger partial charge in [0, 0.05) is 27.8 Å². The Kier molecular flexibility index (Phi) is 9.14. The first kappa shape index (κ1) is 30.2. The first-order valence-corrected chi connectivity index (χ1v) is 20.9. The molecular formula is C42H40NOPSi. The van der Waals surface area contributed by atoms with Crippen LogP contribution in [0.4, 0.5) is 17.1 Å². The summed E-state index contributed by atoms with van der Waals surface area (Å²) in [7, 11) is -3.95. The van der Waals surface area contributed by atoms with Gasteiger partial charge in [0.05, 0.1) is 7.35 Å². The Morgan fingerprint density at radius 2 is 0.848 bits per heavy atom. The molecule has 0 amide bonds. The molecule has 228 valence electrons. The fraction of sp³-hybridized carbons (Fsp3) is 0.143. The van der Waals surface area contributed by atoms with Crippen molar-refractivity contribution in [1.82, 2.24) is 0 Å². The van der Waals surface area contributed by atoms with E-state index in [0.29, 0.717) is 0 Å². The molecule has 0 aromatic heterocycles. The number of benzene rings is 6. The normalized spacial score (nSPS) is 14.9. The lowest BCUT2D eigenvalue weighted by Gasteiger charge is -2.39. The molecule has 0 saturated heterocycles. The Labute approximate surface area is 275 Å². The summed E-state index contributed by atoms with van der Waals surface area (Å²) in [5.74, 6) is 0. The smallest absolute Gasteiger partial charge is 0.174 e. The molecule has 1 atom stereocenters. The second kappa shape index (κ2) is 13.9. The molecule has 0 heterocycles. The lowest BCUT2D eigenvalue weighted by atomic mass is 9.65. The largest absolute Gasteiger partial charge is 0.327 e. The van der Waals surface area contributed by atoms with Gasteiger partial charge in [-0.15, -0.1) is 0 Å². The minimum absolute atomic E-state index is 0.0366. The maximum atomic E-state index is 14.4. The van der Waals surface area contributed by atoms with Gasteiger partial charge in [-0.1, -0.05) is 153 Å². The van der Waals surface area contributed by atoms with Crippen LogP contribution in [0.25, 0.3) is 0 Å². The molecule has 0 N–H and O–H groups in total. The van der Waals surface area contributed by atoms with Crippen LogP contribution in [0.3, 0.4) is 0 Å². The van der Waals surface area contributed by atoms with Crippen LogP contribution in [-0.2, 0) is 9.98 Å². The van der Waals surface area contributed by atoms with Crippen LogP contribution in [0.1, 0.15) is 43.2 Å². The van der Waals surface area contributed by atoms with Crippen molar-refractivity contribution in [3.63, 3.8) is 0 Å². The Morgan fingerprint density at radius 1 is 0.457 bits per heavy atom. The predicted octanol–water partition coefficient (Wildman–Crippen LogP) is 9.13. The highest BCUT2D eigenvalue weighted by atomic mass is 31.4. The van der Waals surface area contributed by atoms with Gasteiger partial charge < -0.3 is 9.46 Å². The second-order valence-corrected chi connectivity index (χ2v) is 19.2. The molecule has 4 heteroatoms. The van der Waals surface area contributed by atoms with Crippen molar-refractivity contribution < 1.29 is 4.57 Å². The van der Waals surface area contributed by atoms with E-state index in [9.17, 15) is 4.57 Å². The van der Waals surface area contributed by atoms with E-state index in [2.05, 4.69) is 163 Å². The maximum Gasteiger partial charge on any atom is 0.174 e. The summed E-state index contributed by atoms with van der Waals surface area (Å²) in [5, 5.41) is 3.48. The van der Waals surface area contributed by atoms with Crippen molar-refractivity contribution >= 4 is 48.6 Å². The lowest BCUT2D eigenvalue weighted by molar-refractivity contribution is 0.346. The average Bonchev–Trinajstić information content (AvgIpc) is 3.14. The van der Waals surface area contributed by atoms with Crippen LogP contribution in [0, 0.1) is 0 Å². The van der Waals surface area contributed by atoms with E-state index in [1.807, 2.05) is 12.1 Å². The van der Waals surface area contributed by atoms with Crippen molar-refractivity contribution in [2.75, 3.05) is 4.90 Å². The number of rotatable bonds is 9. The van der Waals surface area contributed by atoms with Crippen LogP contribution in [0.5, 0.6) is 0 Å². The molecule has 0 spiro atoms. The summed E-state index contributed by atoms with van der Waals surface area (Å²) in [6, 6.07) is 60.5. The SMILES string of the molecule is O=[PH](c1ccc(C2(c3ccc(N(c4ccccc4)c4ccccc4)cc3)CCCCC2)cc1)[SiH](c1ccccc1)c1ccccc1. The first-order valence-electron chi connectivity index (χ1n) is 16.5. The third-order valence-electron chi connectivity index (χ3n) is 9.66. The maximum absolute atomic E-state index is 14.4. The molecule has 1 saturated carbocycles. The van der Waals surface area contributed by atoms with E-state index >= 15 is 0 Å². The van der Waals surface area contributed by atoms with Gasteiger partial charge in [0.25, 0.3) is 0 Å². The molecule has 1 unspecified atom stereocenters. The first-order chi connectivity index (χ1) is 22.7. The third-order valence-corrected chi connectivity index (χ3v) is 17.8. The zero-order valence-electron chi connectivity index (χ0n) is 26.1. The van der Waals surface area contributed by atoms with Crippen LogP contribution in [0.2, 0.25) is 0 Å². The van der Waals surface area contributed by atoms with Gasteiger partial charge in [0.1, 0.15) is 0 Å². The van der Waals surface area contributed by atoms with E-state index in [1.54, 1.807) is 0 Å². The molecule has 0 aliphatic heterocycles. The van der Waals surface area contributed by atoms with Gasteiger partial charge >= 0.3 is 0 Å². The number of para-hydroxylation sites is 2. The molecule has 6 aromatic rings. The predicted molar refractivity (Wildman–Crippen MR) is 199 cm³/mol. The van der Waals surface area contributed by atoms with Gasteiger partial charge in [-0.25, -0.2) is 0 Å².